The van der Waals surface area contributed by atoms with Crippen LogP contribution in [0.5, 0.6) is 5.75 Å². The zero-order valence-electron chi connectivity index (χ0n) is 18.1. The van der Waals surface area contributed by atoms with Crippen LogP contribution in [0.15, 0.2) is 36.4 Å². The molecular formula is C23H32Cl3N3O. The molecule has 2 aromatic carbocycles. The van der Waals surface area contributed by atoms with E-state index in [-0.39, 0.29) is 24.8 Å². The molecule has 0 saturated heterocycles. The number of fused-ring (bicyclic) bond motifs is 2. The number of ether oxygens (including phenoxy) is 1. The summed E-state index contributed by atoms with van der Waals surface area (Å²) in [6.45, 7) is 10.0. The Morgan fingerprint density at radius 3 is 2.47 bits per heavy atom. The van der Waals surface area contributed by atoms with Gasteiger partial charge >= 0.3 is 0 Å². The number of hydrogen-bond acceptors (Lipinski definition) is 4. The molecule has 0 fully saturated rings. The summed E-state index contributed by atoms with van der Waals surface area (Å²) >= 11 is 6.15. The standard InChI is InChI=1S/C23H30ClN3O.2ClH/c1-5-27(6-2)11-7-8-16(3)25-22-15-20(28-4)14-18-12-17-13-19(24)9-10-21(17)26-23(18)22;;/h9-10,12-16,25H,5-8,11H2,1-4H3;2*1H. The maximum absolute atomic E-state index is 6.15. The number of benzene rings is 2. The lowest BCUT2D eigenvalue weighted by molar-refractivity contribution is 0.295. The monoisotopic (exact) mass is 471 g/mol. The van der Waals surface area contributed by atoms with E-state index in [4.69, 9.17) is 21.3 Å². The largest absolute Gasteiger partial charge is 0.497 e. The molecule has 1 aromatic heterocycles. The predicted molar refractivity (Wildman–Crippen MR) is 135 cm³/mol. The third-order valence-electron chi connectivity index (χ3n) is 5.29. The minimum absolute atomic E-state index is 0. The Morgan fingerprint density at radius 1 is 1.07 bits per heavy atom. The Bertz CT molecular complexity index is 948. The first kappa shape index (κ1) is 26.6. The smallest absolute Gasteiger partial charge is 0.121 e. The molecule has 30 heavy (non-hydrogen) atoms. The molecule has 0 bridgehead atoms. The van der Waals surface area contributed by atoms with Crippen LogP contribution in [-0.4, -0.2) is 42.7 Å². The zero-order valence-corrected chi connectivity index (χ0v) is 20.5. The first-order valence-electron chi connectivity index (χ1n) is 10.1. The van der Waals surface area contributed by atoms with Gasteiger partial charge in [-0.05, 0) is 69.7 Å². The van der Waals surface area contributed by atoms with Crippen LogP contribution in [0.4, 0.5) is 5.69 Å². The highest BCUT2D eigenvalue weighted by Crippen LogP contribution is 2.32. The normalized spacial score (nSPS) is 11.8. The van der Waals surface area contributed by atoms with Crippen LogP contribution < -0.4 is 10.1 Å². The Kier molecular flexibility index (Phi) is 11.0. The molecule has 0 radical (unpaired) electrons. The van der Waals surface area contributed by atoms with Gasteiger partial charge in [-0.1, -0.05) is 25.4 Å². The van der Waals surface area contributed by atoms with E-state index in [0.29, 0.717) is 6.04 Å². The van der Waals surface area contributed by atoms with E-state index in [0.717, 1.165) is 64.3 Å². The summed E-state index contributed by atoms with van der Waals surface area (Å²) in [6, 6.07) is 12.4. The van der Waals surface area contributed by atoms with Gasteiger partial charge < -0.3 is 15.0 Å². The number of nitrogens with zero attached hydrogens (tertiary/aromatic N) is 2. The fraction of sp³-hybridized carbons (Fsp3) is 0.435. The van der Waals surface area contributed by atoms with E-state index in [9.17, 15) is 0 Å². The SMILES string of the molecule is CCN(CC)CCCC(C)Nc1cc(OC)cc2cc3cc(Cl)ccc3nc12.Cl.Cl. The first-order chi connectivity index (χ1) is 13.5. The van der Waals surface area contributed by atoms with E-state index < -0.39 is 0 Å². The van der Waals surface area contributed by atoms with Crippen LogP contribution in [0.25, 0.3) is 21.8 Å². The lowest BCUT2D eigenvalue weighted by atomic mass is 10.1. The summed E-state index contributed by atoms with van der Waals surface area (Å²) in [4.78, 5) is 7.36. The number of pyridine rings is 1. The van der Waals surface area contributed by atoms with Gasteiger partial charge in [0.25, 0.3) is 0 Å². The molecule has 0 amide bonds. The van der Waals surface area contributed by atoms with Crippen LogP contribution in [-0.2, 0) is 0 Å². The van der Waals surface area contributed by atoms with Gasteiger partial charge in [-0.15, -0.1) is 24.8 Å². The average Bonchev–Trinajstić information content (AvgIpc) is 2.69. The second kappa shape index (κ2) is 12.4. The van der Waals surface area contributed by atoms with Crippen molar-refractivity contribution in [2.24, 2.45) is 0 Å². The highest BCUT2D eigenvalue weighted by Gasteiger charge is 2.11. The highest BCUT2D eigenvalue weighted by molar-refractivity contribution is 6.31. The Morgan fingerprint density at radius 2 is 1.80 bits per heavy atom. The van der Waals surface area contributed by atoms with Crippen molar-refractivity contribution in [2.75, 3.05) is 32.1 Å². The average molecular weight is 473 g/mol. The third-order valence-corrected chi connectivity index (χ3v) is 5.52. The number of methoxy groups -OCH3 is 1. The summed E-state index contributed by atoms with van der Waals surface area (Å²) in [7, 11) is 1.70. The van der Waals surface area contributed by atoms with E-state index in [1.54, 1.807) is 7.11 Å². The second-order valence-corrected chi connectivity index (χ2v) is 7.72. The van der Waals surface area contributed by atoms with Gasteiger partial charge in [-0.2, -0.15) is 0 Å². The lowest BCUT2D eigenvalue weighted by Crippen LogP contribution is -2.25. The van der Waals surface area contributed by atoms with Crippen LogP contribution in [0.1, 0.15) is 33.6 Å². The van der Waals surface area contributed by atoms with Crippen molar-refractivity contribution < 1.29 is 4.74 Å². The van der Waals surface area contributed by atoms with Gasteiger partial charge in [0, 0.05) is 27.9 Å². The number of aromatic nitrogens is 1. The molecule has 4 nitrogen and oxygen atoms in total. The van der Waals surface area contributed by atoms with Gasteiger partial charge in [0.05, 0.1) is 23.8 Å². The summed E-state index contributed by atoms with van der Waals surface area (Å²) in [5, 5.41) is 6.46. The van der Waals surface area contributed by atoms with Crippen molar-refractivity contribution in [3.8, 4) is 5.75 Å². The fourth-order valence-electron chi connectivity index (χ4n) is 3.62. The molecule has 7 heteroatoms. The summed E-state index contributed by atoms with van der Waals surface area (Å²) < 4.78 is 5.52. The first-order valence-corrected chi connectivity index (χ1v) is 10.5. The molecule has 0 aliphatic heterocycles. The van der Waals surface area contributed by atoms with E-state index >= 15 is 0 Å². The third kappa shape index (κ3) is 6.52. The molecular weight excluding hydrogens is 441 g/mol. The van der Waals surface area contributed by atoms with Gasteiger partial charge in [0.2, 0.25) is 0 Å². The molecule has 166 valence electrons. The molecule has 0 aliphatic carbocycles. The Labute approximate surface area is 197 Å². The number of nitrogens with one attached hydrogen (secondary N) is 1. The lowest BCUT2D eigenvalue weighted by Gasteiger charge is -2.21. The number of hydrogen-bond donors (Lipinski definition) is 1. The van der Waals surface area contributed by atoms with Crippen LogP contribution in [0.2, 0.25) is 5.02 Å². The van der Waals surface area contributed by atoms with Crippen LogP contribution in [0, 0.1) is 0 Å². The minimum atomic E-state index is 0. The van der Waals surface area contributed by atoms with Gasteiger partial charge in [-0.3, -0.25) is 0 Å². The molecule has 1 heterocycles. The van der Waals surface area contributed by atoms with Crippen molar-refractivity contribution in [3.05, 3.63) is 41.4 Å². The maximum Gasteiger partial charge on any atom is 0.121 e. The van der Waals surface area contributed by atoms with Crippen LogP contribution in [0.3, 0.4) is 0 Å². The summed E-state index contributed by atoms with van der Waals surface area (Å²) in [5.74, 6) is 0.827. The summed E-state index contributed by atoms with van der Waals surface area (Å²) in [6.07, 6.45) is 2.28. The van der Waals surface area contributed by atoms with Crippen molar-refractivity contribution in [2.45, 2.75) is 39.7 Å². The maximum atomic E-state index is 6.15. The second-order valence-electron chi connectivity index (χ2n) is 7.29. The number of halogens is 3. The van der Waals surface area contributed by atoms with Crippen molar-refractivity contribution >= 4 is 63.9 Å². The van der Waals surface area contributed by atoms with Crippen LogP contribution >= 0.6 is 36.4 Å². The van der Waals surface area contributed by atoms with E-state index in [1.807, 2.05) is 30.3 Å². The Balaban J connectivity index is 0.00000225. The van der Waals surface area contributed by atoms with E-state index in [2.05, 4.69) is 37.1 Å². The molecule has 0 aliphatic rings. The van der Waals surface area contributed by atoms with E-state index in [1.165, 1.54) is 6.42 Å². The molecule has 1 unspecified atom stereocenters. The Hall–Kier alpha value is -1.46. The van der Waals surface area contributed by atoms with Crippen molar-refractivity contribution in [1.82, 2.24) is 9.88 Å². The summed E-state index contributed by atoms with van der Waals surface area (Å²) in [5.41, 5.74) is 2.92. The number of rotatable bonds is 9. The van der Waals surface area contributed by atoms with Gasteiger partial charge in [0.15, 0.2) is 0 Å². The van der Waals surface area contributed by atoms with Crippen molar-refractivity contribution in [1.29, 1.82) is 0 Å². The number of anilines is 1. The highest BCUT2D eigenvalue weighted by atomic mass is 35.5. The van der Waals surface area contributed by atoms with Crippen molar-refractivity contribution in [3.63, 3.8) is 0 Å². The zero-order chi connectivity index (χ0) is 20.1. The van der Waals surface area contributed by atoms with Gasteiger partial charge in [-0.25, -0.2) is 4.98 Å². The molecule has 0 saturated carbocycles. The molecule has 3 aromatic rings. The van der Waals surface area contributed by atoms with Gasteiger partial charge in [0.1, 0.15) is 5.75 Å². The molecule has 0 spiro atoms. The quantitative estimate of drug-likeness (QED) is 0.347. The topological polar surface area (TPSA) is 37.4 Å². The predicted octanol–water partition coefficient (Wildman–Crippen LogP) is 6.82. The molecule has 1 atom stereocenters. The minimum Gasteiger partial charge on any atom is -0.497 e. The molecule has 3 rings (SSSR count). The molecule has 1 N–H and O–H groups in total. The fourth-order valence-corrected chi connectivity index (χ4v) is 3.80.